The van der Waals surface area contributed by atoms with E-state index < -0.39 is 91.5 Å². The number of aliphatic hydroxyl groups excluding tert-OH is 2. The first-order valence-corrected chi connectivity index (χ1v) is 40.8. The van der Waals surface area contributed by atoms with E-state index in [2.05, 4.69) is 179 Å². The van der Waals surface area contributed by atoms with Crippen LogP contribution in [0.1, 0.15) is 278 Å². The van der Waals surface area contributed by atoms with Gasteiger partial charge in [-0.15, -0.1) is 0 Å². The Morgan fingerprint density at radius 2 is 0.535 bits per heavy atom. The van der Waals surface area contributed by atoms with Crippen LogP contribution in [0.15, 0.2) is 158 Å². The van der Waals surface area contributed by atoms with Gasteiger partial charge < -0.3 is 34.2 Å². The molecule has 564 valence electrons. The zero-order valence-electron chi connectivity index (χ0n) is 61.4. The normalized spacial score (nSPS) is 14.9. The van der Waals surface area contributed by atoms with E-state index in [-0.39, 0.29) is 19.3 Å². The smallest absolute Gasteiger partial charge is 0.463 e. The summed E-state index contributed by atoms with van der Waals surface area (Å²) >= 11 is 0. The standard InChI is InChI=1S/C81H134O16P2/c1-4-7-10-13-16-19-22-25-28-31-33-35-36-37-38-40-42-44-46-49-52-55-58-61-64-67-79(84)91-70-76(82)71-93-98(87,88)94-72-77(83)73-95-99(89,90)96-75-78(97-81(86)69-66-63-60-57-54-51-48-43-30-27-24-21-18-15-12-9-6-3)74-92-80(85)68-65-62-59-56-53-50-47-45-41-39-34-32-29-26-23-20-17-14-11-8-5-2/h8-9,11-12,16-21,25-30,33-35,37-39,45,47,53,56,76-78,82-83H,4-7,10,13-15,22-24,31-32,36,40-44,46,48-52,54-55,57-75H2,1-3H3,(H,87,88)(H,89,90)/b11-8-,12-9-,19-16-,20-17-,21-18-,28-25-,29-26-,30-27-,35-33-,38-37-,39-34-,47-45-,56-53-. The average molecular weight is 1430 g/mol. The SMILES string of the molecule is CC/C=C\C/C=C\C/C=C\C/C=C\C/C=C\C/C=C\CCCCC(=O)OCC(COP(=O)(O)OCC(O)COP(=O)(O)OCC(O)COC(=O)CCCCCCCCCCC/C=C\C/C=C\C/C=C\C/C=C\CCCCC)OC(=O)CCCCCCCCC/C=C\C/C=C\C/C=C\CC. The maximum atomic E-state index is 13.0. The summed E-state index contributed by atoms with van der Waals surface area (Å²) in [6.45, 7) is 2.34. The molecule has 0 radical (unpaired) electrons. The first-order chi connectivity index (χ1) is 48.2. The van der Waals surface area contributed by atoms with Crippen molar-refractivity contribution in [3.8, 4) is 0 Å². The van der Waals surface area contributed by atoms with Crippen LogP contribution in [0.5, 0.6) is 0 Å². The number of carbonyl (C=O) groups excluding carboxylic acids is 3. The monoisotopic (exact) mass is 1420 g/mol. The number of esters is 3. The van der Waals surface area contributed by atoms with Gasteiger partial charge in [-0.1, -0.05) is 269 Å². The van der Waals surface area contributed by atoms with Crippen LogP contribution in [0.4, 0.5) is 0 Å². The Hall–Kier alpha value is -4.83. The van der Waals surface area contributed by atoms with E-state index in [0.717, 1.165) is 167 Å². The van der Waals surface area contributed by atoms with Crippen molar-refractivity contribution in [3.05, 3.63) is 158 Å². The van der Waals surface area contributed by atoms with E-state index in [9.17, 15) is 43.5 Å². The molecule has 0 aliphatic heterocycles. The molecule has 4 N–H and O–H groups in total. The van der Waals surface area contributed by atoms with E-state index in [1.165, 1.54) is 51.4 Å². The van der Waals surface area contributed by atoms with Crippen molar-refractivity contribution in [1.29, 1.82) is 0 Å². The lowest BCUT2D eigenvalue weighted by molar-refractivity contribution is -0.161. The summed E-state index contributed by atoms with van der Waals surface area (Å²) in [4.78, 5) is 58.6. The van der Waals surface area contributed by atoms with Crippen molar-refractivity contribution >= 4 is 33.6 Å². The Bertz CT molecular complexity index is 2430. The average Bonchev–Trinajstić information content (AvgIpc) is 2.16. The van der Waals surface area contributed by atoms with Gasteiger partial charge in [0, 0.05) is 19.3 Å². The van der Waals surface area contributed by atoms with Crippen LogP contribution in [0.2, 0.25) is 0 Å². The molecular weight excluding hydrogens is 1290 g/mol. The lowest BCUT2D eigenvalue weighted by Gasteiger charge is -2.21. The highest BCUT2D eigenvalue weighted by atomic mass is 31.2. The van der Waals surface area contributed by atoms with Crippen LogP contribution in [0, 0.1) is 0 Å². The number of phosphoric ester groups is 2. The van der Waals surface area contributed by atoms with Crippen LogP contribution in [-0.2, 0) is 55.8 Å². The van der Waals surface area contributed by atoms with Crippen molar-refractivity contribution in [3.63, 3.8) is 0 Å². The Morgan fingerprint density at radius 3 is 0.869 bits per heavy atom. The van der Waals surface area contributed by atoms with Gasteiger partial charge in [0.15, 0.2) is 6.10 Å². The fraction of sp³-hybridized carbons (Fsp3) is 0.642. The maximum Gasteiger partial charge on any atom is 0.472 e. The molecule has 0 saturated carbocycles. The molecule has 99 heavy (non-hydrogen) atoms. The molecule has 0 aliphatic rings. The highest BCUT2D eigenvalue weighted by Gasteiger charge is 2.29. The maximum absolute atomic E-state index is 13.0. The first-order valence-electron chi connectivity index (χ1n) is 37.8. The summed E-state index contributed by atoms with van der Waals surface area (Å²) in [6, 6.07) is 0. The number of ether oxygens (including phenoxy) is 3. The van der Waals surface area contributed by atoms with Crippen molar-refractivity contribution < 1.29 is 75.8 Å². The third-order valence-corrected chi connectivity index (χ3v) is 17.1. The van der Waals surface area contributed by atoms with Gasteiger partial charge in [0.05, 0.1) is 26.4 Å². The quantitative estimate of drug-likeness (QED) is 0.0146. The van der Waals surface area contributed by atoms with Crippen LogP contribution in [0.3, 0.4) is 0 Å². The molecule has 0 aliphatic carbocycles. The minimum atomic E-state index is -4.95. The van der Waals surface area contributed by atoms with Gasteiger partial charge in [-0.05, 0) is 148 Å². The predicted molar refractivity (Wildman–Crippen MR) is 408 cm³/mol. The zero-order valence-corrected chi connectivity index (χ0v) is 63.1. The number of allylic oxidation sites excluding steroid dienone is 26. The Kier molecular flexibility index (Phi) is 69.4. The molecule has 0 rings (SSSR count). The van der Waals surface area contributed by atoms with E-state index in [0.29, 0.717) is 19.3 Å². The largest absolute Gasteiger partial charge is 0.472 e. The van der Waals surface area contributed by atoms with Crippen LogP contribution in [-0.4, -0.2) is 95.9 Å². The molecule has 0 spiro atoms. The van der Waals surface area contributed by atoms with Gasteiger partial charge in [0.2, 0.25) is 0 Å². The number of aliphatic hydroxyl groups is 2. The molecule has 18 heteroatoms. The van der Waals surface area contributed by atoms with Crippen molar-refractivity contribution in [2.75, 3.05) is 39.6 Å². The lowest BCUT2D eigenvalue weighted by atomic mass is 10.1. The fourth-order valence-corrected chi connectivity index (χ4v) is 11.1. The summed E-state index contributed by atoms with van der Waals surface area (Å²) in [5.74, 6) is -1.65. The van der Waals surface area contributed by atoms with Gasteiger partial charge in [-0.3, -0.25) is 32.5 Å². The van der Waals surface area contributed by atoms with Crippen molar-refractivity contribution in [2.45, 2.75) is 296 Å². The van der Waals surface area contributed by atoms with Gasteiger partial charge in [0.25, 0.3) is 0 Å². The number of phosphoric acid groups is 2. The van der Waals surface area contributed by atoms with E-state index in [1.807, 2.05) is 0 Å². The topological polar surface area (TPSA) is 231 Å². The minimum Gasteiger partial charge on any atom is -0.463 e. The number of unbranched alkanes of at least 4 members (excludes halogenated alkanes) is 21. The molecule has 0 saturated heterocycles. The molecule has 5 atom stereocenters. The zero-order chi connectivity index (χ0) is 72.3. The third-order valence-electron chi connectivity index (χ3n) is 15.2. The Morgan fingerprint density at radius 1 is 0.293 bits per heavy atom. The summed E-state index contributed by atoms with van der Waals surface area (Å²) in [6.07, 6.45) is 90.0. The number of hydrogen-bond donors (Lipinski definition) is 4. The molecule has 0 aromatic heterocycles. The molecule has 16 nitrogen and oxygen atoms in total. The van der Waals surface area contributed by atoms with E-state index in [1.54, 1.807) is 0 Å². The number of carbonyl (C=O) groups is 3. The number of rotatable bonds is 70. The summed E-state index contributed by atoms with van der Waals surface area (Å²) in [5, 5.41) is 20.6. The van der Waals surface area contributed by atoms with Crippen LogP contribution >= 0.6 is 15.6 Å². The fourth-order valence-electron chi connectivity index (χ4n) is 9.51. The second kappa shape index (κ2) is 72.9. The Balaban J connectivity index is 4.69. The van der Waals surface area contributed by atoms with Crippen LogP contribution < -0.4 is 0 Å². The van der Waals surface area contributed by atoms with Gasteiger partial charge >= 0.3 is 33.6 Å². The summed E-state index contributed by atoms with van der Waals surface area (Å²) < 4.78 is 61.0. The molecule has 0 amide bonds. The Labute approximate surface area is 600 Å². The minimum absolute atomic E-state index is 0.0774. The molecule has 0 aromatic carbocycles. The predicted octanol–water partition coefficient (Wildman–Crippen LogP) is 21.9. The van der Waals surface area contributed by atoms with Crippen molar-refractivity contribution in [1.82, 2.24) is 0 Å². The highest BCUT2D eigenvalue weighted by Crippen LogP contribution is 2.45. The molecule has 0 heterocycles. The summed E-state index contributed by atoms with van der Waals surface area (Å²) in [7, 11) is -9.82. The molecular formula is C81H134O16P2. The van der Waals surface area contributed by atoms with Gasteiger partial charge in [-0.25, -0.2) is 9.13 Å². The molecule has 0 bridgehead atoms. The lowest BCUT2D eigenvalue weighted by Crippen LogP contribution is -2.30. The second-order valence-corrected chi connectivity index (χ2v) is 27.6. The summed E-state index contributed by atoms with van der Waals surface area (Å²) in [5.41, 5.74) is 0. The molecule has 5 unspecified atom stereocenters. The number of hydrogen-bond acceptors (Lipinski definition) is 14. The van der Waals surface area contributed by atoms with Gasteiger partial charge in [0.1, 0.15) is 25.4 Å². The van der Waals surface area contributed by atoms with E-state index in [4.69, 9.17) is 32.3 Å². The van der Waals surface area contributed by atoms with E-state index >= 15 is 0 Å². The molecule has 0 fully saturated rings. The van der Waals surface area contributed by atoms with Crippen LogP contribution in [0.25, 0.3) is 0 Å². The second-order valence-electron chi connectivity index (χ2n) is 24.7. The highest BCUT2D eigenvalue weighted by molar-refractivity contribution is 7.47. The first kappa shape index (κ1) is 94.2. The van der Waals surface area contributed by atoms with Gasteiger partial charge in [-0.2, -0.15) is 0 Å². The van der Waals surface area contributed by atoms with Crippen molar-refractivity contribution in [2.24, 2.45) is 0 Å². The third kappa shape index (κ3) is 74.2. The molecule has 0 aromatic rings.